The van der Waals surface area contributed by atoms with Crippen molar-refractivity contribution in [2.45, 2.75) is 0 Å². The van der Waals surface area contributed by atoms with E-state index in [2.05, 4.69) is 15.4 Å². The zero-order chi connectivity index (χ0) is 21.3. The van der Waals surface area contributed by atoms with Gasteiger partial charge in [-0.25, -0.2) is 14.1 Å². The van der Waals surface area contributed by atoms with Crippen LogP contribution in [0.2, 0.25) is 15.1 Å². The van der Waals surface area contributed by atoms with Gasteiger partial charge in [-0.15, -0.1) is 5.10 Å². The Labute approximate surface area is 186 Å². The van der Waals surface area contributed by atoms with Gasteiger partial charge in [0.05, 0.1) is 15.7 Å². The minimum atomic E-state index is -0.538. The third-order valence-corrected chi connectivity index (χ3v) is 5.15. The summed E-state index contributed by atoms with van der Waals surface area (Å²) in [4.78, 5) is 17.1. The maximum atomic E-state index is 13.4. The summed E-state index contributed by atoms with van der Waals surface area (Å²) in [6, 6.07) is 17.3. The highest BCUT2D eigenvalue weighted by Crippen LogP contribution is 2.26. The predicted molar refractivity (Wildman–Crippen MR) is 116 cm³/mol. The molecule has 3 aromatic carbocycles. The first kappa shape index (κ1) is 20.3. The van der Waals surface area contributed by atoms with Crippen LogP contribution in [-0.2, 0) is 0 Å². The summed E-state index contributed by atoms with van der Waals surface area (Å²) in [5.41, 5.74) is 1.67. The molecular weight excluding hydrogens is 450 g/mol. The zero-order valence-electron chi connectivity index (χ0n) is 15.1. The molecule has 0 saturated heterocycles. The Hall–Kier alpha value is -2.93. The fourth-order valence-electron chi connectivity index (χ4n) is 2.72. The molecule has 1 aromatic heterocycles. The Morgan fingerprint density at radius 1 is 0.900 bits per heavy atom. The topological polar surface area (TPSA) is 59.8 Å². The quantitative estimate of drug-likeness (QED) is 0.389. The molecule has 4 rings (SSSR count). The molecule has 0 aliphatic heterocycles. The van der Waals surface area contributed by atoms with Gasteiger partial charge in [-0.2, -0.15) is 0 Å². The van der Waals surface area contributed by atoms with Gasteiger partial charge in [-0.05, 0) is 66.7 Å². The van der Waals surface area contributed by atoms with Gasteiger partial charge in [0.15, 0.2) is 5.82 Å². The molecule has 0 aliphatic rings. The highest BCUT2D eigenvalue weighted by molar-refractivity contribution is 6.42. The van der Waals surface area contributed by atoms with Crippen LogP contribution in [0.5, 0.6) is 0 Å². The Morgan fingerprint density at radius 2 is 1.60 bits per heavy atom. The van der Waals surface area contributed by atoms with Crippen molar-refractivity contribution in [1.82, 2.24) is 14.8 Å². The number of hydrogen-bond acceptors (Lipinski definition) is 3. The van der Waals surface area contributed by atoms with Crippen molar-refractivity contribution in [3.8, 4) is 17.1 Å². The number of nitrogens with zero attached hydrogens (tertiary/aromatic N) is 3. The van der Waals surface area contributed by atoms with E-state index in [1.807, 2.05) is 0 Å². The van der Waals surface area contributed by atoms with E-state index < -0.39 is 5.91 Å². The number of aromatic nitrogens is 3. The Balaban J connectivity index is 1.74. The maximum Gasteiger partial charge on any atom is 0.295 e. The molecule has 1 N–H and O–H groups in total. The van der Waals surface area contributed by atoms with E-state index in [1.54, 1.807) is 48.5 Å². The standard InChI is InChI=1S/C21H12Cl3FN4O/c22-13-3-1-12(2-4-13)20-27-19(28-29(20)16-8-5-14(25)6-9-16)21(30)26-15-7-10-17(23)18(24)11-15/h1-11H,(H,26,30). The average Bonchev–Trinajstić information content (AvgIpc) is 3.17. The Morgan fingerprint density at radius 3 is 2.27 bits per heavy atom. The van der Waals surface area contributed by atoms with E-state index in [4.69, 9.17) is 34.8 Å². The minimum absolute atomic E-state index is 0.0738. The lowest BCUT2D eigenvalue weighted by Crippen LogP contribution is -2.14. The van der Waals surface area contributed by atoms with E-state index in [0.717, 1.165) is 0 Å². The molecule has 1 heterocycles. The summed E-state index contributed by atoms with van der Waals surface area (Å²) >= 11 is 17.9. The van der Waals surface area contributed by atoms with Crippen LogP contribution in [0.15, 0.2) is 66.7 Å². The van der Waals surface area contributed by atoms with Crippen molar-refractivity contribution in [2.24, 2.45) is 0 Å². The van der Waals surface area contributed by atoms with E-state index >= 15 is 0 Å². The molecule has 0 bridgehead atoms. The van der Waals surface area contributed by atoms with Gasteiger partial charge in [0.25, 0.3) is 5.91 Å². The molecule has 0 fully saturated rings. The maximum absolute atomic E-state index is 13.4. The van der Waals surface area contributed by atoms with Crippen molar-refractivity contribution < 1.29 is 9.18 Å². The summed E-state index contributed by atoms with van der Waals surface area (Å²) in [7, 11) is 0. The second-order valence-corrected chi connectivity index (χ2v) is 7.49. The molecular formula is C21H12Cl3FN4O. The Bertz CT molecular complexity index is 1160. The number of anilines is 1. The largest absolute Gasteiger partial charge is 0.319 e. The van der Waals surface area contributed by atoms with Gasteiger partial charge in [-0.3, -0.25) is 4.79 Å². The van der Waals surface area contributed by atoms with Crippen molar-refractivity contribution in [1.29, 1.82) is 0 Å². The lowest BCUT2D eigenvalue weighted by molar-refractivity contribution is 0.101. The summed E-state index contributed by atoms with van der Waals surface area (Å²) in [6.45, 7) is 0. The smallest absolute Gasteiger partial charge is 0.295 e. The summed E-state index contributed by atoms with van der Waals surface area (Å²) in [5, 5.41) is 8.25. The fraction of sp³-hybridized carbons (Fsp3) is 0. The molecule has 150 valence electrons. The molecule has 0 saturated carbocycles. The van der Waals surface area contributed by atoms with E-state index in [0.29, 0.717) is 37.8 Å². The number of carbonyl (C=O) groups excluding carboxylic acids is 1. The number of halogens is 4. The minimum Gasteiger partial charge on any atom is -0.319 e. The molecule has 9 heteroatoms. The van der Waals surface area contributed by atoms with Crippen LogP contribution >= 0.6 is 34.8 Å². The second-order valence-electron chi connectivity index (χ2n) is 6.24. The number of nitrogens with one attached hydrogen (secondary N) is 1. The highest BCUT2D eigenvalue weighted by atomic mass is 35.5. The van der Waals surface area contributed by atoms with Crippen molar-refractivity contribution in [3.05, 3.63) is 93.4 Å². The third-order valence-electron chi connectivity index (χ3n) is 4.16. The summed E-state index contributed by atoms with van der Waals surface area (Å²) < 4.78 is 14.8. The summed E-state index contributed by atoms with van der Waals surface area (Å²) in [5.74, 6) is -0.595. The number of carbonyl (C=O) groups is 1. The third kappa shape index (κ3) is 4.31. The number of hydrogen-bond donors (Lipinski definition) is 1. The van der Waals surface area contributed by atoms with Gasteiger partial charge in [-0.1, -0.05) is 34.8 Å². The summed E-state index contributed by atoms with van der Waals surface area (Å²) in [6.07, 6.45) is 0. The average molecular weight is 462 g/mol. The lowest BCUT2D eigenvalue weighted by atomic mass is 10.2. The molecule has 0 unspecified atom stereocenters. The normalized spacial score (nSPS) is 10.8. The van der Waals surface area contributed by atoms with Crippen LogP contribution < -0.4 is 5.32 Å². The molecule has 0 radical (unpaired) electrons. The molecule has 1 amide bonds. The predicted octanol–water partition coefficient (Wildman–Crippen LogP) is 6.29. The van der Waals surface area contributed by atoms with Crippen LogP contribution in [0.4, 0.5) is 10.1 Å². The van der Waals surface area contributed by atoms with Crippen molar-refractivity contribution >= 4 is 46.4 Å². The van der Waals surface area contributed by atoms with Gasteiger partial charge in [0.1, 0.15) is 5.82 Å². The van der Waals surface area contributed by atoms with E-state index in [-0.39, 0.29) is 11.6 Å². The molecule has 0 atom stereocenters. The zero-order valence-corrected chi connectivity index (χ0v) is 17.4. The molecule has 4 aromatic rings. The molecule has 0 aliphatic carbocycles. The molecule has 0 spiro atoms. The van der Waals surface area contributed by atoms with E-state index in [1.165, 1.54) is 22.9 Å². The SMILES string of the molecule is O=C(Nc1ccc(Cl)c(Cl)c1)c1nc(-c2ccc(Cl)cc2)n(-c2ccc(F)cc2)n1. The van der Waals surface area contributed by atoms with Crippen LogP contribution in [0.25, 0.3) is 17.1 Å². The van der Waals surface area contributed by atoms with Crippen molar-refractivity contribution in [2.75, 3.05) is 5.32 Å². The van der Waals surface area contributed by atoms with Crippen LogP contribution in [0, 0.1) is 5.82 Å². The first-order valence-corrected chi connectivity index (χ1v) is 9.79. The lowest BCUT2D eigenvalue weighted by Gasteiger charge is -2.06. The molecule has 5 nitrogen and oxygen atoms in total. The first-order chi connectivity index (χ1) is 14.4. The van der Waals surface area contributed by atoms with Gasteiger partial charge < -0.3 is 5.32 Å². The monoisotopic (exact) mass is 460 g/mol. The number of amides is 1. The second kappa shape index (κ2) is 8.44. The van der Waals surface area contributed by atoms with Gasteiger partial charge in [0, 0.05) is 16.3 Å². The highest BCUT2D eigenvalue weighted by Gasteiger charge is 2.19. The van der Waals surface area contributed by atoms with Crippen LogP contribution in [0.3, 0.4) is 0 Å². The van der Waals surface area contributed by atoms with Crippen LogP contribution in [-0.4, -0.2) is 20.7 Å². The number of benzene rings is 3. The fourth-order valence-corrected chi connectivity index (χ4v) is 3.14. The van der Waals surface area contributed by atoms with Gasteiger partial charge >= 0.3 is 0 Å². The van der Waals surface area contributed by atoms with Gasteiger partial charge in [0.2, 0.25) is 5.82 Å². The van der Waals surface area contributed by atoms with E-state index in [9.17, 15) is 9.18 Å². The first-order valence-electron chi connectivity index (χ1n) is 8.66. The van der Waals surface area contributed by atoms with Crippen LogP contribution in [0.1, 0.15) is 10.6 Å². The number of rotatable bonds is 4. The Kier molecular flexibility index (Phi) is 5.72. The van der Waals surface area contributed by atoms with Crippen molar-refractivity contribution in [3.63, 3.8) is 0 Å². The molecule has 30 heavy (non-hydrogen) atoms.